The minimum absolute atomic E-state index is 0.107. The largest absolute Gasteiger partial charge is 0.394 e. The van der Waals surface area contributed by atoms with Gasteiger partial charge >= 0.3 is 0 Å². The Hall–Kier alpha value is -2.22. The standard InChI is InChI=1S/C13H18N4O4/c1-2-14-12-11(6-10(7-15-12)17(20)21)13(19)16-5-3-4-9(16)8-18/h6-7,9,18H,2-5,8H2,1H3,(H,14,15). The fourth-order valence-electron chi connectivity index (χ4n) is 2.47. The first kappa shape index (κ1) is 15.2. The Balaban J connectivity index is 2.37. The second-order valence-corrected chi connectivity index (χ2v) is 4.85. The molecule has 21 heavy (non-hydrogen) atoms. The van der Waals surface area contributed by atoms with Crippen molar-refractivity contribution in [3.05, 3.63) is 27.9 Å². The Kier molecular flexibility index (Phi) is 4.69. The maximum atomic E-state index is 12.6. The molecule has 0 aliphatic carbocycles. The molecule has 2 rings (SSSR count). The van der Waals surface area contributed by atoms with Crippen LogP contribution >= 0.6 is 0 Å². The molecule has 1 atom stereocenters. The monoisotopic (exact) mass is 294 g/mol. The molecule has 2 N–H and O–H groups in total. The first-order valence-corrected chi connectivity index (χ1v) is 6.88. The minimum Gasteiger partial charge on any atom is -0.394 e. The number of aliphatic hydroxyl groups excluding tert-OH is 1. The molecule has 0 saturated carbocycles. The number of hydrogen-bond donors (Lipinski definition) is 2. The highest BCUT2D eigenvalue weighted by Gasteiger charge is 2.31. The number of nitro groups is 1. The Bertz CT molecular complexity index is 549. The SMILES string of the molecule is CCNc1ncc([N+](=O)[O-])cc1C(=O)N1CCCC1CO. The molecule has 1 amide bonds. The van der Waals surface area contributed by atoms with E-state index in [0.29, 0.717) is 18.9 Å². The number of carbonyl (C=O) groups is 1. The summed E-state index contributed by atoms with van der Waals surface area (Å²) in [6.45, 7) is 2.83. The zero-order valence-corrected chi connectivity index (χ0v) is 11.8. The lowest BCUT2D eigenvalue weighted by Crippen LogP contribution is -2.38. The van der Waals surface area contributed by atoms with E-state index in [-0.39, 0.29) is 29.8 Å². The van der Waals surface area contributed by atoms with E-state index in [9.17, 15) is 20.0 Å². The summed E-state index contributed by atoms with van der Waals surface area (Å²) in [7, 11) is 0. The molecule has 8 heteroatoms. The highest BCUT2D eigenvalue weighted by Crippen LogP contribution is 2.25. The number of anilines is 1. The average Bonchev–Trinajstić information content (AvgIpc) is 2.95. The van der Waals surface area contributed by atoms with Crippen LogP contribution in [-0.4, -0.2) is 51.6 Å². The predicted molar refractivity (Wildman–Crippen MR) is 76.2 cm³/mol. The molecule has 1 aromatic heterocycles. The Morgan fingerprint density at radius 1 is 1.67 bits per heavy atom. The lowest BCUT2D eigenvalue weighted by molar-refractivity contribution is -0.385. The van der Waals surface area contributed by atoms with Crippen molar-refractivity contribution >= 4 is 17.4 Å². The summed E-state index contributed by atoms with van der Waals surface area (Å²) >= 11 is 0. The number of likely N-dealkylation sites (tertiary alicyclic amines) is 1. The molecule has 0 radical (unpaired) electrons. The van der Waals surface area contributed by atoms with Gasteiger partial charge in [-0.2, -0.15) is 0 Å². The van der Waals surface area contributed by atoms with E-state index in [1.807, 2.05) is 6.92 Å². The normalized spacial score (nSPS) is 17.8. The third kappa shape index (κ3) is 3.10. The van der Waals surface area contributed by atoms with E-state index in [0.717, 1.165) is 19.0 Å². The summed E-state index contributed by atoms with van der Waals surface area (Å²) < 4.78 is 0. The fourth-order valence-corrected chi connectivity index (χ4v) is 2.47. The Morgan fingerprint density at radius 2 is 2.43 bits per heavy atom. The summed E-state index contributed by atoms with van der Waals surface area (Å²) in [6, 6.07) is 1.01. The van der Waals surface area contributed by atoms with Gasteiger partial charge in [-0.05, 0) is 19.8 Å². The van der Waals surface area contributed by atoms with Crippen LogP contribution in [0.25, 0.3) is 0 Å². The van der Waals surface area contributed by atoms with E-state index in [1.165, 1.54) is 6.07 Å². The molecule has 2 heterocycles. The summed E-state index contributed by atoms with van der Waals surface area (Å²) in [4.78, 5) is 28.4. The number of carbonyl (C=O) groups excluding carboxylic acids is 1. The fraction of sp³-hybridized carbons (Fsp3) is 0.538. The van der Waals surface area contributed by atoms with E-state index in [2.05, 4.69) is 10.3 Å². The third-order valence-corrected chi connectivity index (χ3v) is 3.51. The van der Waals surface area contributed by atoms with Gasteiger partial charge in [0.1, 0.15) is 12.0 Å². The number of nitrogens with one attached hydrogen (secondary N) is 1. The molecule has 0 bridgehead atoms. The first-order valence-electron chi connectivity index (χ1n) is 6.88. The van der Waals surface area contributed by atoms with Crippen LogP contribution in [0.5, 0.6) is 0 Å². The number of amides is 1. The van der Waals surface area contributed by atoms with Crippen LogP contribution in [0, 0.1) is 10.1 Å². The van der Waals surface area contributed by atoms with Crippen molar-refractivity contribution in [1.82, 2.24) is 9.88 Å². The quantitative estimate of drug-likeness (QED) is 0.620. The van der Waals surface area contributed by atoms with Gasteiger partial charge in [0.25, 0.3) is 11.6 Å². The molecule has 1 fully saturated rings. The number of rotatable bonds is 5. The molecule has 0 aromatic carbocycles. The van der Waals surface area contributed by atoms with Crippen LogP contribution in [0.4, 0.5) is 11.5 Å². The molecular formula is C13H18N4O4. The van der Waals surface area contributed by atoms with Gasteiger partial charge < -0.3 is 15.3 Å². The van der Waals surface area contributed by atoms with Crippen molar-refractivity contribution in [3.8, 4) is 0 Å². The number of aromatic nitrogens is 1. The van der Waals surface area contributed by atoms with Crippen LogP contribution in [0.1, 0.15) is 30.1 Å². The molecule has 0 spiro atoms. The van der Waals surface area contributed by atoms with Gasteiger partial charge in [0.15, 0.2) is 0 Å². The lowest BCUT2D eigenvalue weighted by atomic mass is 10.2. The summed E-state index contributed by atoms with van der Waals surface area (Å²) in [5, 5.41) is 23.1. The van der Waals surface area contributed by atoms with Gasteiger partial charge in [-0.15, -0.1) is 0 Å². The van der Waals surface area contributed by atoms with E-state index >= 15 is 0 Å². The Morgan fingerprint density at radius 3 is 3.05 bits per heavy atom. The smallest absolute Gasteiger partial charge is 0.288 e. The number of pyridine rings is 1. The van der Waals surface area contributed by atoms with Gasteiger partial charge in [0.05, 0.1) is 23.1 Å². The molecule has 1 aliphatic heterocycles. The molecule has 114 valence electrons. The van der Waals surface area contributed by atoms with Crippen LogP contribution < -0.4 is 5.32 Å². The Labute approximate surface area is 121 Å². The highest BCUT2D eigenvalue weighted by molar-refractivity contribution is 5.99. The highest BCUT2D eigenvalue weighted by atomic mass is 16.6. The number of nitrogens with zero attached hydrogens (tertiary/aromatic N) is 3. The number of aliphatic hydroxyl groups is 1. The average molecular weight is 294 g/mol. The summed E-state index contributed by atoms with van der Waals surface area (Å²) in [5.74, 6) is -0.00427. The van der Waals surface area contributed by atoms with Gasteiger partial charge in [0, 0.05) is 19.2 Å². The van der Waals surface area contributed by atoms with E-state index in [1.54, 1.807) is 4.90 Å². The lowest BCUT2D eigenvalue weighted by Gasteiger charge is -2.23. The molecule has 8 nitrogen and oxygen atoms in total. The van der Waals surface area contributed by atoms with Crippen molar-refractivity contribution in [3.63, 3.8) is 0 Å². The van der Waals surface area contributed by atoms with Crippen molar-refractivity contribution in [1.29, 1.82) is 0 Å². The van der Waals surface area contributed by atoms with Gasteiger partial charge in [-0.3, -0.25) is 14.9 Å². The molecule has 1 saturated heterocycles. The van der Waals surface area contributed by atoms with Crippen molar-refractivity contribution < 1.29 is 14.8 Å². The van der Waals surface area contributed by atoms with E-state index < -0.39 is 4.92 Å². The van der Waals surface area contributed by atoms with Gasteiger partial charge in [0.2, 0.25) is 0 Å². The van der Waals surface area contributed by atoms with Crippen molar-refractivity contribution in [2.75, 3.05) is 25.0 Å². The molecular weight excluding hydrogens is 276 g/mol. The van der Waals surface area contributed by atoms with Crippen LogP contribution in [-0.2, 0) is 0 Å². The van der Waals surface area contributed by atoms with Crippen molar-refractivity contribution in [2.24, 2.45) is 0 Å². The van der Waals surface area contributed by atoms with Gasteiger partial charge in [-0.25, -0.2) is 4.98 Å². The maximum absolute atomic E-state index is 12.6. The van der Waals surface area contributed by atoms with Crippen LogP contribution in [0.3, 0.4) is 0 Å². The second-order valence-electron chi connectivity index (χ2n) is 4.85. The predicted octanol–water partition coefficient (Wildman–Crippen LogP) is 1.02. The summed E-state index contributed by atoms with van der Waals surface area (Å²) in [5.41, 5.74) is -0.0499. The number of hydrogen-bond acceptors (Lipinski definition) is 6. The van der Waals surface area contributed by atoms with Gasteiger partial charge in [-0.1, -0.05) is 0 Å². The summed E-state index contributed by atoms with van der Waals surface area (Å²) in [6.07, 6.45) is 2.68. The molecule has 1 aromatic rings. The van der Waals surface area contributed by atoms with E-state index in [4.69, 9.17) is 0 Å². The van der Waals surface area contributed by atoms with Crippen molar-refractivity contribution in [2.45, 2.75) is 25.8 Å². The minimum atomic E-state index is -0.576. The topological polar surface area (TPSA) is 109 Å². The first-order chi connectivity index (χ1) is 10.1. The zero-order valence-electron chi connectivity index (χ0n) is 11.8. The third-order valence-electron chi connectivity index (χ3n) is 3.51. The zero-order chi connectivity index (χ0) is 15.4. The molecule has 1 unspecified atom stereocenters. The van der Waals surface area contributed by atoms with Crippen LogP contribution in [0.15, 0.2) is 12.3 Å². The second kappa shape index (κ2) is 6.49. The maximum Gasteiger partial charge on any atom is 0.288 e. The van der Waals surface area contributed by atoms with Crippen LogP contribution in [0.2, 0.25) is 0 Å². The molecule has 1 aliphatic rings.